The number of rotatable bonds is 2. The molecule has 0 spiro atoms. The molecule has 1 saturated heterocycles. The van der Waals surface area contributed by atoms with E-state index < -0.39 is 0 Å². The Bertz CT molecular complexity index is 659. The van der Waals surface area contributed by atoms with E-state index in [0.29, 0.717) is 0 Å². The first kappa shape index (κ1) is 13.7. The Hall–Kier alpha value is -1.95. The van der Waals surface area contributed by atoms with Crippen LogP contribution in [-0.2, 0) is 12.2 Å². The fraction of sp³-hybridized carbons (Fsp3) is 0.353. The first-order chi connectivity index (χ1) is 10.8. The van der Waals surface area contributed by atoms with Gasteiger partial charge >= 0.3 is 0 Å². The summed E-state index contributed by atoms with van der Waals surface area (Å²) in [6.45, 7) is 3.98. The molecule has 3 heterocycles. The third-order valence-electron chi connectivity index (χ3n) is 4.67. The maximum Gasteiger partial charge on any atom is 0.148 e. The van der Waals surface area contributed by atoms with Crippen molar-refractivity contribution in [1.82, 2.24) is 21.2 Å². The second-order valence-electron chi connectivity index (χ2n) is 5.84. The van der Waals surface area contributed by atoms with Gasteiger partial charge in [0.2, 0.25) is 0 Å². The number of hydrogen-bond acceptors (Lipinski definition) is 5. The molecule has 0 saturated carbocycles. The normalized spacial score (nSPS) is 27.1. The highest BCUT2D eigenvalue weighted by Crippen LogP contribution is 2.39. The van der Waals surface area contributed by atoms with Crippen molar-refractivity contribution in [2.75, 3.05) is 11.4 Å². The minimum atomic E-state index is -0.325. The van der Waals surface area contributed by atoms with Gasteiger partial charge in [-0.15, -0.1) is 0 Å². The van der Waals surface area contributed by atoms with Crippen LogP contribution in [0.1, 0.15) is 24.6 Å². The van der Waals surface area contributed by atoms with Gasteiger partial charge in [-0.2, -0.15) is 0 Å². The third kappa shape index (κ3) is 1.94. The quantitative estimate of drug-likeness (QED) is 0.787. The summed E-state index contributed by atoms with van der Waals surface area (Å²) in [6.07, 6.45) is 2.98. The topological polar surface area (TPSA) is 52.2 Å². The molecule has 2 aromatic rings. The number of anilines is 1. The molecular weight excluding hydrogens is 274 g/mol. The summed E-state index contributed by atoms with van der Waals surface area (Å²) >= 11 is 0. The van der Waals surface area contributed by atoms with Crippen molar-refractivity contribution in [1.29, 1.82) is 0 Å². The van der Waals surface area contributed by atoms with Crippen molar-refractivity contribution in [3.05, 3.63) is 59.9 Å². The number of fused-ring (bicyclic) bond motifs is 3. The largest absolute Gasteiger partial charge is 0.329 e. The van der Waals surface area contributed by atoms with Crippen LogP contribution in [0, 0.1) is 0 Å². The number of hydrogen-bond donors (Lipinski definition) is 3. The van der Waals surface area contributed by atoms with Gasteiger partial charge in [-0.3, -0.25) is 4.98 Å². The molecule has 5 nitrogen and oxygen atoms in total. The van der Waals surface area contributed by atoms with Crippen molar-refractivity contribution >= 4 is 5.69 Å². The molecule has 0 bridgehead atoms. The smallest absolute Gasteiger partial charge is 0.148 e. The zero-order valence-corrected chi connectivity index (χ0v) is 12.7. The lowest BCUT2D eigenvalue weighted by Gasteiger charge is -2.40. The molecule has 3 N–H and O–H groups in total. The molecule has 114 valence electrons. The number of nitrogens with zero attached hydrogens (tertiary/aromatic N) is 2. The predicted molar refractivity (Wildman–Crippen MR) is 86.9 cm³/mol. The van der Waals surface area contributed by atoms with Crippen molar-refractivity contribution in [2.45, 2.75) is 31.7 Å². The number of benzene rings is 1. The lowest BCUT2D eigenvalue weighted by Crippen LogP contribution is -2.51. The molecule has 2 unspecified atom stereocenters. The van der Waals surface area contributed by atoms with E-state index >= 15 is 0 Å². The van der Waals surface area contributed by atoms with Crippen LogP contribution in [0.25, 0.3) is 0 Å². The second-order valence-corrected chi connectivity index (χ2v) is 5.84. The van der Waals surface area contributed by atoms with E-state index in [2.05, 4.69) is 69.4 Å². The van der Waals surface area contributed by atoms with Gasteiger partial charge in [-0.05, 0) is 30.2 Å². The summed E-state index contributed by atoms with van der Waals surface area (Å²) in [4.78, 5) is 7.08. The number of pyridine rings is 1. The SMILES string of the molecule is CCC1(c2ccccn2)NNC2CNCc3ccccc3N21. The lowest BCUT2D eigenvalue weighted by atomic mass is 9.98. The van der Waals surface area contributed by atoms with Gasteiger partial charge in [0, 0.05) is 25.0 Å². The van der Waals surface area contributed by atoms with Gasteiger partial charge < -0.3 is 10.2 Å². The van der Waals surface area contributed by atoms with Crippen LogP contribution in [0.4, 0.5) is 5.69 Å². The maximum absolute atomic E-state index is 4.63. The highest BCUT2D eigenvalue weighted by Gasteiger charge is 2.48. The minimum Gasteiger partial charge on any atom is -0.329 e. The van der Waals surface area contributed by atoms with Gasteiger partial charge in [0.1, 0.15) is 11.8 Å². The van der Waals surface area contributed by atoms with Crippen molar-refractivity contribution in [3.63, 3.8) is 0 Å². The molecule has 2 aliphatic rings. The fourth-order valence-corrected chi connectivity index (χ4v) is 3.58. The van der Waals surface area contributed by atoms with Gasteiger partial charge in [-0.1, -0.05) is 31.2 Å². The monoisotopic (exact) mass is 295 g/mol. The standard InChI is InChI=1S/C17H21N5/c1-2-17(15-9-5-6-10-19-15)21-20-16-12-18-11-13-7-3-4-8-14(13)22(16)17/h3-10,16,18,20-21H,2,11-12H2,1H3. The summed E-state index contributed by atoms with van der Waals surface area (Å²) in [5, 5.41) is 3.52. The Labute approximate surface area is 130 Å². The van der Waals surface area contributed by atoms with Crippen LogP contribution < -0.4 is 21.1 Å². The molecule has 1 aromatic heterocycles. The van der Waals surface area contributed by atoms with E-state index in [1.807, 2.05) is 12.3 Å². The molecule has 4 rings (SSSR count). The van der Waals surface area contributed by atoms with E-state index in [-0.39, 0.29) is 11.8 Å². The molecular formula is C17H21N5. The first-order valence-electron chi connectivity index (χ1n) is 7.87. The van der Waals surface area contributed by atoms with E-state index in [0.717, 1.165) is 25.2 Å². The van der Waals surface area contributed by atoms with Gasteiger partial charge in [0.25, 0.3) is 0 Å². The minimum absolute atomic E-state index is 0.200. The Balaban J connectivity index is 1.88. The van der Waals surface area contributed by atoms with Crippen LogP contribution in [0.2, 0.25) is 0 Å². The van der Waals surface area contributed by atoms with Crippen LogP contribution >= 0.6 is 0 Å². The second kappa shape index (κ2) is 5.35. The number of hydrazine groups is 1. The molecule has 1 fully saturated rings. The summed E-state index contributed by atoms with van der Waals surface area (Å²) in [6, 6.07) is 14.7. The van der Waals surface area contributed by atoms with Crippen molar-refractivity contribution in [3.8, 4) is 0 Å². The average molecular weight is 295 g/mol. The summed E-state index contributed by atoms with van der Waals surface area (Å²) in [7, 11) is 0. The third-order valence-corrected chi connectivity index (χ3v) is 4.67. The predicted octanol–water partition coefficient (Wildman–Crippen LogP) is 1.69. The van der Waals surface area contributed by atoms with Crippen LogP contribution in [0.15, 0.2) is 48.7 Å². The summed E-state index contributed by atoms with van der Waals surface area (Å²) in [5.41, 5.74) is 10.3. The molecule has 2 aliphatic heterocycles. The van der Waals surface area contributed by atoms with Crippen LogP contribution in [0.5, 0.6) is 0 Å². The van der Waals surface area contributed by atoms with Crippen molar-refractivity contribution in [2.24, 2.45) is 0 Å². The van der Waals surface area contributed by atoms with E-state index in [4.69, 9.17) is 0 Å². The lowest BCUT2D eigenvalue weighted by molar-refractivity contribution is 0.345. The molecule has 0 aliphatic carbocycles. The zero-order valence-electron chi connectivity index (χ0n) is 12.7. The molecule has 0 radical (unpaired) electrons. The van der Waals surface area contributed by atoms with Crippen LogP contribution in [0.3, 0.4) is 0 Å². The van der Waals surface area contributed by atoms with Crippen molar-refractivity contribution < 1.29 is 0 Å². The van der Waals surface area contributed by atoms with Gasteiger partial charge in [-0.25, -0.2) is 10.9 Å². The highest BCUT2D eigenvalue weighted by atomic mass is 15.6. The van der Waals surface area contributed by atoms with E-state index in [1.165, 1.54) is 11.3 Å². The molecule has 22 heavy (non-hydrogen) atoms. The number of para-hydroxylation sites is 1. The Morgan fingerprint density at radius 1 is 1.23 bits per heavy atom. The molecule has 1 aromatic carbocycles. The Morgan fingerprint density at radius 2 is 2.09 bits per heavy atom. The highest BCUT2D eigenvalue weighted by molar-refractivity contribution is 5.59. The molecule has 0 amide bonds. The summed E-state index contributed by atoms with van der Waals surface area (Å²) in [5.74, 6) is 0. The number of aromatic nitrogens is 1. The molecule has 2 atom stereocenters. The average Bonchev–Trinajstić information content (AvgIpc) is 2.85. The van der Waals surface area contributed by atoms with E-state index in [1.54, 1.807) is 0 Å². The van der Waals surface area contributed by atoms with Gasteiger partial charge in [0.05, 0.1) is 5.69 Å². The summed E-state index contributed by atoms with van der Waals surface area (Å²) < 4.78 is 0. The number of nitrogens with one attached hydrogen (secondary N) is 3. The van der Waals surface area contributed by atoms with E-state index in [9.17, 15) is 0 Å². The fourth-order valence-electron chi connectivity index (χ4n) is 3.58. The first-order valence-corrected chi connectivity index (χ1v) is 7.87. The Morgan fingerprint density at radius 3 is 2.91 bits per heavy atom. The van der Waals surface area contributed by atoms with Gasteiger partial charge in [0.15, 0.2) is 0 Å². The zero-order chi connectivity index (χ0) is 15.0. The Kier molecular flexibility index (Phi) is 3.33. The molecule has 5 heteroatoms. The van der Waals surface area contributed by atoms with Crippen LogP contribution in [-0.4, -0.2) is 17.7 Å². The maximum atomic E-state index is 4.63.